The molecule has 1 fully saturated rings. The number of benzene rings is 2. The van der Waals surface area contributed by atoms with Crippen LogP contribution in [0.15, 0.2) is 42.0 Å². The number of aryl methyl sites for hydroxylation is 2. The molecule has 0 bridgehead atoms. The fourth-order valence-electron chi connectivity index (χ4n) is 5.73. The predicted octanol–water partition coefficient (Wildman–Crippen LogP) is 8.44. The molecule has 0 heterocycles. The van der Waals surface area contributed by atoms with E-state index in [1.807, 2.05) is 0 Å². The number of fused-ring (bicyclic) bond motifs is 1. The van der Waals surface area contributed by atoms with Gasteiger partial charge in [0.25, 0.3) is 0 Å². The highest BCUT2D eigenvalue weighted by molar-refractivity contribution is 5.81. The quantitative estimate of drug-likeness (QED) is 0.505. The summed E-state index contributed by atoms with van der Waals surface area (Å²) in [6.07, 6.45) is 16.4. The Morgan fingerprint density at radius 3 is 2.21 bits per heavy atom. The SMILES string of the molecule is CCC1(CC2=Cc3c(cccc3-c3cc(C)cc(C)c3)C2)CCCCCCC1. The summed E-state index contributed by atoms with van der Waals surface area (Å²) in [6.45, 7) is 6.85. The molecule has 0 heteroatoms. The molecule has 0 amide bonds. The number of allylic oxidation sites excluding steroid dienone is 1. The summed E-state index contributed by atoms with van der Waals surface area (Å²) in [7, 11) is 0. The average Bonchev–Trinajstić information content (AvgIpc) is 3.05. The molecular formula is C28H36. The summed E-state index contributed by atoms with van der Waals surface area (Å²) in [5, 5.41) is 0. The largest absolute Gasteiger partial charge is 0.0648 e. The molecule has 28 heavy (non-hydrogen) atoms. The van der Waals surface area contributed by atoms with Crippen LogP contribution in [0, 0.1) is 19.3 Å². The van der Waals surface area contributed by atoms with Gasteiger partial charge in [0.1, 0.15) is 0 Å². The summed E-state index contributed by atoms with van der Waals surface area (Å²) in [5.41, 5.74) is 10.8. The van der Waals surface area contributed by atoms with Crippen LogP contribution < -0.4 is 0 Å². The molecule has 0 N–H and O–H groups in total. The molecule has 0 spiro atoms. The van der Waals surface area contributed by atoms with Gasteiger partial charge < -0.3 is 0 Å². The molecule has 2 aromatic rings. The van der Waals surface area contributed by atoms with Gasteiger partial charge in [0, 0.05) is 0 Å². The summed E-state index contributed by atoms with van der Waals surface area (Å²) in [6, 6.07) is 13.9. The van der Waals surface area contributed by atoms with E-state index in [9.17, 15) is 0 Å². The smallest absolute Gasteiger partial charge is 0.00574 e. The number of hydrogen-bond acceptors (Lipinski definition) is 0. The van der Waals surface area contributed by atoms with Crippen LogP contribution in [0.3, 0.4) is 0 Å². The van der Waals surface area contributed by atoms with Crippen molar-refractivity contribution in [2.75, 3.05) is 0 Å². The Hall–Kier alpha value is -1.82. The normalized spacial score (nSPS) is 18.9. The lowest BCUT2D eigenvalue weighted by molar-refractivity contribution is 0.198. The zero-order valence-corrected chi connectivity index (χ0v) is 18.1. The predicted molar refractivity (Wildman–Crippen MR) is 123 cm³/mol. The van der Waals surface area contributed by atoms with Gasteiger partial charge in [0.2, 0.25) is 0 Å². The average molecular weight is 373 g/mol. The van der Waals surface area contributed by atoms with Gasteiger partial charge in [0.15, 0.2) is 0 Å². The van der Waals surface area contributed by atoms with Gasteiger partial charge in [-0.05, 0) is 67.2 Å². The Morgan fingerprint density at radius 2 is 1.54 bits per heavy atom. The van der Waals surface area contributed by atoms with Gasteiger partial charge in [-0.3, -0.25) is 0 Å². The van der Waals surface area contributed by atoms with E-state index in [1.54, 1.807) is 5.57 Å². The molecule has 1 saturated carbocycles. The van der Waals surface area contributed by atoms with Crippen molar-refractivity contribution in [3.8, 4) is 11.1 Å². The first-order valence-electron chi connectivity index (χ1n) is 11.5. The maximum Gasteiger partial charge on any atom is -0.00574 e. The first kappa shape index (κ1) is 19.5. The minimum Gasteiger partial charge on any atom is -0.0648 e. The van der Waals surface area contributed by atoms with Crippen molar-refractivity contribution in [1.29, 1.82) is 0 Å². The van der Waals surface area contributed by atoms with Gasteiger partial charge in [0.05, 0.1) is 0 Å². The Balaban J connectivity index is 1.63. The van der Waals surface area contributed by atoms with E-state index in [0.29, 0.717) is 5.41 Å². The van der Waals surface area contributed by atoms with Crippen molar-refractivity contribution in [2.24, 2.45) is 5.41 Å². The van der Waals surface area contributed by atoms with Gasteiger partial charge in [-0.1, -0.05) is 105 Å². The molecule has 2 aliphatic carbocycles. The monoisotopic (exact) mass is 372 g/mol. The second kappa shape index (κ2) is 8.27. The summed E-state index contributed by atoms with van der Waals surface area (Å²) in [5.74, 6) is 0. The molecule has 2 aromatic carbocycles. The second-order valence-corrected chi connectivity index (χ2v) is 9.53. The van der Waals surface area contributed by atoms with Gasteiger partial charge in [-0.25, -0.2) is 0 Å². The van der Waals surface area contributed by atoms with Crippen LogP contribution in [-0.4, -0.2) is 0 Å². The fraction of sp³-hybridized carbons (Fsp3) is 0.500. The van der Waals surface area contributed by atoms with Crippen LogP contribution in [0.5, 0.6) is 0 Å². The molecule has 0 aliphatic heterocycles. The first-order chi connectivity index (χ1) is 13.6. The fourth-order valence-corrected chi connectivity index (χ4v) is 5.73. The molecule has 0 aromatic heterocycles. The Kier molecular flexibility index (Phi) is 5.76. The maximum atomic E-state index is 2.55. The third-order valence-corrected chi connectivity index (χ3v) is 7.26. The van der Waals surface area contributed by atoms with Crippen LogP contribution in [0.4, 0.5) is 0 Å². The first-order valence-corrected chi connectivity index (χ1v) is 11.5. The lowest BCUT2D eigenvalue weighted by atomic mass is 9.70. The van der Waals surface area contributed by atoms with E-state index in [4.69, 9.17) is 0 Å². The maximum absolute atomic E-state index is 2.55. The third-order valence-electron chi connectivity index (χ3n) is 7.26. The van der Waals surface area contributed by atoms with E-state index >= 15 is 0 Å². The number of rotatable bonds is 4. The standard InChI is InChI=1S/C28H36/c1-4-28(13-8-6-5-7-9-14-28)20-23-18-24-11-10-12-26(27(24)19-23)25-16-21(2)15-22(3)17-25/h10-12,15-17,19H,4-9,13-14,18,20H2,1-3H3. The third kappa shape index (κ3) is 4.12. The minimum atomic E-state index is 0.550. The van der Waals surface area contributed by atoms with Crippen LogP contribution >= 0.6 is 0 Å². The van der Waals surface area contributed by atoms with E-state index in [0.717, 1.165) is 6.42 Å². The van der Waals surface area contributed by atoms with E-state index in [-0.39, 0.29) is 0 Å². The molecule has 0 radical (unpaired) electrons. The van der Waals surface area contributed by atoms with Crippen LogP contribution in [0.25, 0.3) is 17.2 Å². The zero-order chi connectivity index (χ0) is 19.6. The van der Waals surface area contributed by atoms with Gasteiger partial charge in [-0.15, -0.1) is 0 Å². The molecule has 0 unspecified atom stereocenters. The van der Waals surface area contributed by atoms with E-state index in [1.165, 1.54) is 91.2 Å². The summed E-state index contributed by atoms with van der Waals surface area (Å²) >= 11 is 0. The van der Waals surface area contributed by atoms with Crippen LogP contribution in [0.2, 0.25) is 0 Å². The van der Waals surface area contributed by atoms with Gasteiger partial charge in [-0.2, -0.15) is 0 Å². The van der Waals surface area contributed by atoms with Crippen molar-refractivity contribution in [1.82, 2.24) is 0 Å². The summed E-state index contributed by atoms with van der Waals surface area (Å²) in [4.78, 5) is 0. The topological polar surface area (TPSA) is 0 Å². The molecule has 0 atom stereocenters. The van der Waals surface area contributed by atoms with Crippen molar-refractivity contribution < 1.29 is 0 Å². The lowest BCUT2D eigenvalue weighted by Crippen LogP contribution is -2.22. The molecule has 4 rings (SSSR count). The Labute approximate surface area is 172 Å². The Morgan fingerprint density at radius 1 is 0.857 bits per heavy atom. The highest BCUT2D eigenvalue weighted by atomic mass is 14.4. The second-order valence-electron chi connectivity index (χ2n) is 9.53. The van der Waals surface area contributed by atoms with E-state index in [2.05, 4.69) is 63.2 Å². The molecule has 0 saturated heterocycles. The Bertz CT molecular complexity index is 839. The summed E-state index contributed by atoms with van der Waals surface area (Å²) < 4.78 is 0. The van der Waals surface area contributed by atoms with Crippen LogP contribution in [0.1, 0.15) is 87.0 Å². The molecular weight excluding hydrogens is 336 g/mol. The molecule has 0 nitrogen and oxygen atoms in total. The highest BCUT2D eigenvalue weighted by Crippen LogP contribution is 2.45. The van der Waals surface area contributed by atoms with Crippen molar-refractivity contribution >= 4 is 6.08 Å². The van der Waals surface area contributed by atoms with Crippen molar-refractivity contribution in [3.63, 3.8) is 0 Å². The molecule has 148 valence electrons. The van der Waals surface area contributed by atoms with Crippen LogP contribution in [-0.2, 0) is 6.42 Å². The highest BCUT2D eigenvalue weighted by Gasteiger charge is 2.31. The minimum absolute atomic E-state index is 0.550. The molecule has 2 aliphatic rings. The van der Waals surface area contributed by atoms with Crippen molar-refractivity contribution in [2.45, 2.75) is 85.0 Å². The van der Waals surface area contributed by atoms with E-state index < -0.39 is 0 Å². The van der Waals surface area contributed by atoms with Crippen molar-refractivity contribution in [3.05, 3.63) is 64.2 Å². The lowest BCUT2D eigenvalue weighted by Gasteiger charge is -2.35. The number of hydrogen-bond donors (Lipinski definition) is 0. The van der Waals surface area contributed by atoms with Gasteiger partial charge >= 0.3 is 0 Å². The zero-order valence-electron chi connectivity index (χ0n) is 18.1.